The number of aromatic nitrogens is 1. The summed E-state index contributed by atoms with van der Waals surface area (Å²) in [7, 11) is 5.19. The van der Waals surface area contributed by atoms with Gasteiger partial charge in [-0.3, -0.25) is 9.69 Å². The standard InChI is InChI=1S/C21H23N3O3S/c1-24(12-15-4-8-17(26-2)9-5-15)13-20(25)23-21-22-19(14-28-21)16-6-10-18(27-3)11-7-16/h4-11,14H,12-13H2,1-3H3,(H,22,23,25). The van der Waals surface area contributed by atoms with Crippen LogP contribution in [0.3, 0.4) is 0 Å². The van der Waals surface area contributed by atoms with Crippen molar-refractivity contribution in [2.24, 2.45) is 0 Å². The molecule has 0 aliphatic heterocycles. The van der Waals surface area contributed by atoms with Gasteiger partial charge in [0.2, 0.25) is 5.91 Å². The van der Waals surface area contributed by atoms with Crippen LogP contribution in [0.15, 0.2) is 53.9 Å². The Balaban J connectivity index is 1.53. The highest BCUT2D eigenvalue weighted by atomic mass is 32.1. The third-order valence-corrected chi connectivity index (χ3v) is 4.92. The van der Waals surface area contributed by atoms with Gasteiger partial charge in [0.05, 0.1) is 26.5 Å². The van der Waals surface area contributed by atoms with Crippen LogP contribution in [0.4, 0.5) is 5.13 Å². The van der Waals surface area contributed by atoms with Crippen LogP contribution in [0, 0.1) is 0 Å². The lowest BCUT2D eigenvalue weighted by atomic mass is 10.2. The summed E-state index contributed by atoms with van der Waals surface area (Å²) >= 11 is 1.41. The van der Waals surface area contributed by atoms with Crippen LogP contribution in [0.25, 0.3) is 11.3 Å². The number of thiazole rings is 1. The average Bonchev–Trinajstić information content (AvgIpc) is 3.16. The maximum atomic E-state index is 12.3. The summed E-state index contributed by atoms with van der Waals surface area (Å²) in [6, 6.07) is 15.5. The fourth-order valence-corrected chi connectivity index (χ4v) is 3.46. The third kappa shape index (κ3) is 5.31. The molecule has 3 rings (SSSR count). The van der Waals surface area contributed by atoms with Gasteiger partial charge in [-0.15, -0.1) is 11.3 Å². The molecule has 1 amide bonds. The molecular weight excluding hydrogens is 374 g/mol. The van der Waals surface area contributed by atoms with Crippen molar-refractivity contribution in [2.75, 3.05) is 33.1 Å². The van der Waals surface area contributed by atoms with Gasteiger partial charge in [-0.2, -0.15) is 0 Å². The van der Waals surface area contributed by atoms with E-state index in [1.807, 2.05) is 65.9 Å². The number of carbonyl (C=O) groups is 1. The molecule has 28 heavy (non-hydrogen) atoms. The molecule has 0 saturated heterocycles. The van der Waals surface area contributed by atoms with Crippen molar-refractivity contribution in [1.29, 1.82) is 0 Å². The van der Waals surface area contributed by atoms with E-state index in [1.54, 1.807) is 14.2 Å². The Morgan fingerprint density at radius 3 is 2.25 bits per heavy atom. The Hall–Kier alpha value is -2.90. The first-order chi connectivity index (χ1) is 13.6. The molecule has 0 radical (unpaired) electrons. The molecule has 146 valence electrons. The zero-order chi connectivity index (χ0) is 19.9. The van der Waals surface area contributed by atoms with Crippen LogP contribution in [0.2, 0.25) is 0 Å². The monoisotopic (exact) mass is 397 g/mol. The van der Waals surface area contributed by atoms with E-state index in [9.17, 15) is 4.79 Å². The molecule has 3 aromatic rings. The van der Waals surface area contributed by atoms with Crippen LogP contribution < -0.4 is 14.8 Å². The van der Waals surface area contributed by atoms with E-state index in [1.165, 1.54) is 11.3 Å². The van der Waals surface area contributed by atoms with Crippen molar-refractivity contribution in [3.63, 3.8) is 0 Å². The van der Waals surface area contributed by atoms with Crippen LogP contribution in [0.5, 0.6) is 11.5 Å². The lowest BCUT2D eigenvalue weighted by Crippen LogP contribution is -2.29. The van der Waals surface area contributed by atoms with E-state index in [0.717, 1.165) is 28.3 Å². The molecule has 1 aromatic heterocycles. The van der Waals surface area contributed by atoms with Gasteiger partial charge >= 0.3 is 0 Å². The van der Waals surface area contributed by atoms with Crippen LogP contribution >= 0.6 is 11.3 Å². The van der Waals surface area contributed by atoms with E-state index in [-0.39, 0.29) is 12.5 Å². The predicted molar refractivity (Wildman–Crippen MR) is 112 cm³/mol. The number of nitrogens with zero attached hydrogens (tertiary/aromatic N) is 2. The number of methoxy groups -OCH3 is 2. The minimum Gasteiger partial charge on any atom is -0.497 e. The molecule has 0 aliphatic rings. The highest BCUT2D eigenvalue weighted by Gasteiger charge is 2.11. The predicted octanol–water partition coefficient (Wildman–Crippen LogP) is 3.90. The SMILES string of the molecule is COc1ccc(CN(C)CC(=O)Nc2nc(-c3ccc(OC)cc3)cs2)cc1. The smallest absolute Gasteiger partial charge is 0.240 e. The van der Waals surface area contributed by atoms with Gasteiger partial charge in [0.1, 0.15) is 11.5 Å². The number of benzene rings is 2. The van der Waals surface area contributed by atoms with Crippen molar-refractivity contribution in [3.05, 3.63) is 59.5 Å². The molecular formula is C21H23N3O3S. The number of anilines is 1. The van der Waals surface area contributed by atoms with E-state index >= 15 is 0 Å². The molecule has 0 atom stereocenters. The quantitative estimate of drug-likeness (QED) is 0.625. The number of ether oxygens (including phenoxy) is 2. The molecule has 0 saturated carbocycles. The maximum absolute atomic E-state index is 12.3. The first kappa shape index (κ1) is 19.9. The van der Waals surface area contributed by atoms with Crippen molar-refractivity contribution >= 4 is 22.4 Å². The molecule has 2 aromatic carbocycles. The van der Waals surface area contributed by atoms with Gasteiger partial charge in [0, 0.05) is 17.5 Å². The molecule has 0 spiro atoms. The summed E-state index contributed by atoms with van der Waals surface area (Å²) in [5, 5.41) is 5.39. The first-order valence-corrected chi connectivity index (χ1v) is 9.66. The van der Waals surface area contributed by atoms with Crippen molar-refractivity contribution in [3.8, 4) is 22.8 Å². The Bertz CT molecular complexity index is 907. The zero-order valence-corrected chi connectivity index (χ0v) is 17.0. The van der Waals surface area contributed by atoms with Crippen molar-refractivity contribution in [2.45, 2.75) is 6.54 Å². The van der Waals surface area contributed by atoms with Gasteiger partial charge < -0.3 is 14.8 Å². The number of carbonyl (C=O) groups excluding carboxylic acids is 1. The third-order valence-electron chi connectivity index (χ3n) is 4.16. The average molecular weight is 398 g/mol. The van der Waals surface area contributed by atoms with Crippen molar-refractivity contribution < 1.29 is 14.3 Å². The number of hydrogen-bond donors (Lipinski definition) is 1. The van der Waals surface area contributed by atoms with Gasteiger partial charge in [-0.25, -0.2) is 4.98 Å². The minimum absolute atomic E-state index is 0.0911. The number of rotatable bonds is 8. The molecule has 6 nitrogen and oxygen atoms in total. The summed E-state index contributed by atoms with van der Waals surface area (Å²) in [5.41, 5.74) is 2.93. The van der Waals surface area contributed by atoms with Crippen LogP contribution in [-0.2, 0) is 11.3 Å². The Kier molecular flexibility index (Phi) is 6.62. The number of hydrogen-bond acceptors (Lipinski definition) is 6. The molecule has 0 bridgehead atoms. The molecule has 7 heteroatoms. The van der Waals surface area contributed by atoms with Crippen LogP contribution in [0.1, 0.15) is 5.56 Å². The maximum Gasteiger partial charge on any atom is 0.240 e. The minimum atomic E-state index is -0.0911. The second kappa shape index (κ2) is 9.34. The molecule has 1 heterocycles. The highest BCUT2D eigenvalue weighted by molar-refractivity contribution is 7.14. The summed E-state index contributed by atoms with van der Waals surface area (Å²) < 4.78 is 10.3. The number of nitrogens with one attached hydrogen (secondary N) is 1. The highest BCUT2D eigenvalue weighted by Crippen LogP contribution is 2.26. The molecule has 0 fully saturated rings. The molecule has 0 aliphatic carbocycles. The fraction of sp³-hybridized carbons (Fsp3) is 0.238. The second-order valence-corrected chi connectivity index (χ2v) is 7.19. The van der Waals surface area contributed by atoms with Gasteiger partial charge in [0.25, 0.3) is 0 Å². The normalized spacial score (nSPS) is 10.7. The molecule has 1 N–H and O–H groups in total. The van der Waals surface area contributed by atoms with E-state index in [2.05, 4.69) is 10.3 Å². The second-order valence-electron chi connectivity index (χ2n) is 6.33. The Morgan fingerprint density at radius 2 is 1.64 bits per heavy atom. The van der Waals surface area contributed by atoms with Gasteiger partial charge in [0.15, 0.2) is 5.13 Å². The number of likely N-dealkylation sites (N-methyl/N-ethyl adjacent to an activating group) is 1. The van der Waals surface area contributed by atoms with Crippen LogP contribution in [-0.4, -0.2) is 43.6 Å². The Morgan fingerprint density at radius 1 is 1.04 bits per heavy atom. The summed E-state index contributed by atoms with van der Waals surface area (Å²) in [4.78, 5) is 18.8. The van der Waals surface area contributed by atoms with Gasteiger partial charge in [-0.05, 0) is 49.0 Å². The zero-order valence-electron chi connectivity index (χ0n) is 16.1. The van der Waals surface area contributed by atoms with E-state index < -0.39 is 0 Å². The first-order valence-electron chi connectivity index (χ1n) is 8.78. The largest absolute Gasteiger partial charge is 0.497 e. The topological polar surface area (TPSA) is 63.7 Å². The summed E-state index contributed by atoms with van der Waals surface area (Å²) in [6.07, 6.45) is 0. The summed E-state index contributed by atoms with van der Waals surface area (Å²) in [5.74, 6) is 1.53. The van der Waals surface area contributed by atoms with Crippen molar-refractivity contribution in [1.82, 2.24) is 9.88 Å². The Labute approximate surface area is 168 Å². The summed E-state index contributed by atoms with van der Waals surface area (Å²) in [6.45, 7) is 0.954. The van der Waals surface area contributed by atoms with E-state index in [0.29, 0.717) is 11.7 Å². The molecule has 0 unspecified atom stereocenters. The lowest BCUT2D eigenvalue weighted by Gasteiger charge is -2.16. The fourth-order valence-electron chi connectivity index (χ4n) is 2.73. The van der Waals surface area contributed by atoms with Gasteiger partial charge in [-0.1, -0.05) is 12.1 Å². The number of amides is 1. The lowest BCUT2D eigenvalue weighted by molar-refractivity contribution is -0.117. The van der Waals surface area contributed by atoms with E-state index in [4.69, 9.17) is 9.47 Å².